The zero-order valence-corrected chi connectivity index (χ0v) is 17.3. The van der Waals surface area contributed by atoms with Gasteiger partial charge in [-0.2, -0.15) is 0 Å². The van der Waals surface area contributed by atoms with Gasteiger partial charge in [0.2, 0.25) is 5.91 Å². The number of rotatable bonds is 9. The van der Waals surface area contributed by atoms with E-state index < -0.39 is 14.6 Å². The van der Waals surface area contributed by atoms with Crippen LogP contribution in [-0.2, 0) is 19.4 Å². The SMILES string of the molecule is COCC1(C(=O)NC2CCS(=O)(=O)C3(CC(CNCCC4CC4)C3)C2)CC1. The van der Waals surface area contributed by atoms with E-state index in [1.54, 1.807) is 7.11 Å². The van der Waals surface area contributed by atoms with Crippen LogP contribution in [0, 0.1) is 17.3 Å². The first-order valence-electron chi connectivity index (χ1n) is 10.6. The third-order valence-electron chi connectivity index (χ3n) is 7.28. The Labute approximate surface area is 163 Å². The summed E-state index contributed by atoms with van der Waals surface area (Å²) in [6.07, 6.45) is 8.40. The van der Waals surface area contributed by atoms with Crippen LogP contribution in [0.25, 0.3) is 0 Å². The van der Waals surface area contributed by atoms with Gasteiger partial charge < -0.3 is 15.4 Å². The number of carbonyl (C=O) groups excluding carboxylic acids is 1. The average Bonchev–Trinajstić information content (AvgIpc) is 3.48. The molecule has 1 amide bonds. The van der Waals surface area contributed by atoms with Crippen molar-refractivity contribution >= 4 is 15.7 Å². The van der Waals surface area contributed by atoms with Crippen LogP contribution in [0.1, 0.15) is 57.8 Å². The van der Waals surface area contributed by atoms with E-state index in [-0.39, 0.29) is 23.1 Å². The maximum Gasteiger partial charge on any atom is 0.228 e. The number of ether oxygens (including phenoxy) is 1. The van der Waals surface area contributed by atoms with Gasteiger partial charge in [0.15, 0.2) is 9.84 Å². The smallest absolute Gasteiger partial charge is 0.228 e. The summed E-state index contributed by atoms with van der Waals surface area (Å²) in [6, 6.07) is -0.0147. The summed E-state index contributed by atoms with van der Waals surface area (Å²) in [7, 11) is -1.43. The molecule has 154 valence electrons. The molecule has 2 N–H and O–H groups in total. The topological polar surface area (TPSA) is 84.5 Å². The highest BCUT2D eigenvalue weighted by molar-refractivity contribution is 7.92. The molecule has 1 unspecified atom stereocenters. The molecule has 0 aromatic heterocycles. The van der Waals surface area contributed by atoms with Crippen LogP contribution in [-0.4, -0.2) is 57.7 Å². The number of amides is 1. The first-order chi connectivity index (χ1) is 12.9. The maximum atomic E-state index is 12.7. The Kier molecular flexibility index (Phi) is 5.31. The highest BCUT2D eigenvalue weighted by Crippen LogP contribution is 2.51. The predicted octanol–water partition coefficient (Wildman–Crippen LogP) is 1.64. The first kappa shape index (κ1) is 19.6. The van der Waals surface area contributed by atoms with Crippen molar-refractivity contribution in [1.29, 1.82) is 0 Å². The van der Waals surface area contributed by atoms with Crippen LogP contribution >= 0.6 is 0 Å². The van der Waals surface area contributed by atoms with Crippen LogP contribution in [0.4, 0.5) is 0 Å². The Balaban J connectivity index is 1.27. The van der Waals surface area contributed by atoms with Crippen LogP contribution in [0.2, 0.25) is 0 Å². The molecular formula is C20H34N2O4S. The molecule has 1 aliphatic heterocycles. The van der Waals surface area contributed by atoms with Crippen molar-refractivity contribution in [3.05, 3.63) is 0 Å². The fourth-order valence-corrected chi connectivity index (χ4v) is 7.56. The summed E-state index contributed by atoms with van der Waals surface area (Å²) in [5.41, 5.74) is -0.355. The molecule has 27 heavy (non-hydrogen) atoms. The van der Waals surface area contributed by atoms with E-state index in [0.29, 0.717) is 25.4 Å². The number of methoxy groups -OCH3 is 1. The minimum absolute atomic E-state index is 0.0147. The molecule has 1 saturated heterocycles. The third-order valence-corrected chi connectivity index (χ3v) is 9.88. The lowest BCUT2D eigenvalue weighted by atomic mass is 9.70. The lowest BCUT2D eigenvalue weighted by Crippen LogP contribution is -2.60. The van der Waals surface area contributed by atoms with Crippen LogP contribution in [0.5, 0.6) is 0 Å². The fraction of sp³-hybridized carbons (Fsp3) is 0.950. The Morgan fingerprint density at radius 2 is 1.85 bits per heavy atom. The second-order valence-electron chi connectivity index (χ2n) is 9.59. The van der Waals surface area contributed by atoms with E-state index in [2.05, 4.69) is 10.6 Å². The van der Waals surface area contributed by atoms with Crippen molar-refractivity contribution in [2.24, 2.45) is 17.3 Å². The summed E-state index contributed by atoms with van der Waals surface area (Å²) in [5.74, 6) is 1.65. The van der Waals surface area contributed by atoms with Gasteiger partial charge in [-0.3, -0.25) is 4.79 Å². The molecule has 0 aromatic carbocycles. The van der Waals surface area contributed by atoms with Crippen LogP contribution < -0.4 is 10.6 Å². The zero-order chi connectivity index (χ0) is 19.1. The Hall–Kier alpha value is -0.660. The summed E-state index contributed by atoms with van der Waals surface area (Å²) in [4.78, 5) is 12.6. The maximum absolute atomic E-state index is 12.7. The average molecular weight is 399 g/mol. The quantitative estimate of drug-likeness (QED) is 0.577. The molecule has 0 bridgehead atoms. The standard InChI is InChI=1S/C20H34N2O4S/c1-26-14-19(6-7-19)18(23)22-17-5-9-27(24,25)20(12-17)10-16(11-20)13-21-8-4-15-2-3-15/h15-17,21H,2-14H2,1H3,(H,22,23). The molecule has 0 radical (unpaired) electrons. The molecule has 1 spiro atoms. The lowest BCUT2D eigenvalue weighted by molar-refractivity contribution is -0.129. The summed E-state index contributed by atoms with van der Waals surface area (Å²) < 4.78 is 30.1. The van der Waals surface area contributed by atoms with Crippen molar-refractivity contribution in [1.82, 2.24) is 10.6 Å². The second kappa shape index (κ2) is 7.30. The molecule has 0 aromatic rings. The van der Waals surface area contributed by atoms with Crippen molar-refractivity contribution in [2.75, 3.05) is 32.6 Å². The number of hydrogen-bond donors (Lipinski definition) is 2. The number of sulfone groups is 1. The number of nitrogens with one attached hydrogen (secondary N) is 2. The van der Waals surface area contributed by atoms with Gasteiger partial charge in [0, 0.05) is 13.2 Å². The number of hydrogen-bond acceptors (Lipinski definition) is 5. The van der Waals surface area contributed by atoms with Gasteiger partial charge in [-0.15, -0.1) is 0 Å². The van der Waals surface area contributed by atoms with Gasteiger partial charge >= 0.3 is 0 Å². The van der Waals surface area contributed by atoms with Crippen molar-refractivity contribution < 1.29 is 17.9 Å². The van der Waals surface area contributed by atoms with Gasteiger partial charge in [-0.1, -0.05) is 12.8 Å². The van der Waals surface area contributed by atoms with Gasteiger partial charge in [0.05, 0.1) is 22.5 Å². The minimum atomic E-state index is -3.06. The molecule has 1 atom stereocenters. The molecule has 1 heterocycles. The van der Waals surface area contributed by atoms with Gasteiger partial charge in [-0.05, 0) is 69.9 Å². The fourth-order valence-electron chi connectivity index (χ4n) is 5.09. The van der Waals surface area contributed by atoms with E-state index in [0.717, 1.165) is 44.7 Å². The highest BCUT2D eigenvalue weighted by atomic mass is 32.2. The molecule has 4 aliphatic rings. The second-order valence-corrected chi connectivity index (χ2v) is 12.1. The minimum Gasteiger partial charge on any atom is -0.384 e. The summed E-state index contributed by atoms with van der Waals surface area (Å²) in [6.45, 7) is 2.45. The van der Waals surface area contributed by atoms with E-state index in [1.165, 1.54) is 19.3 Å². The Morgan fingerprint density at radius 3 is 2.48 bits per heavy atom. The van der Waals surface area contributed by atoms with Crippen LogP contribution in [0.15, 0.2) is 0 Å². The molecule has 4 rings (SSSR count). The summed E-state index contributed by atoms with van der Waals surface area (Å²) >= 11 is 0. The van der Waals surface area contributed by atoms with Crippen molar-refractivity contribution in [3.8, 4) is 0 Å². The summed E-state index contributed by atoms with van der Waals surface area (Å²) in [5, 5.41) is 6.67. The molecule has 3 aliphatic carbocycles. The van der Waals surface area contributed by atoms with E-state index >= 15 is 0 Å². The molecule has 7 heteroatoms. The monoisotopic (exact) mass is 398 g/mol. The molecule has 4 fully saturated rings. The molecule has 3 saturated carbocycles. The molecular weight excluding hydrogens is 364 g/mol. The van der Waals surface area contributed by atoms with E-state index in [1.807, 2.05) is 0 Å². The Morgan fingerprint density at radius 1 is 1.11 bits per heavy atom. The van der Waals surface area contributed by atoms with Crippen LogP contribution in [0.3, 0.4) is 0 Å². The zero-order valence-electron chi connectivity index (χ0n) is 16.5. The predicted molar refractivity (Wildman–Crippen MR) is 104 cm³/mol. The number of carbonyl (C=O) groups is 1. The largest absolute Gasteiger partial charge is 0.384 e. The van der Waals surface area contributed by atoms with Crippen molar-refractivity contribution in [3.63, 3.8) is 0 Å². The normalized spacial score (nSPS) is 36.2. The van der Waals surface area contributed by atoms with Gasteiger partial charge in [0.1, 0.15) is 0 Å². The van der Waals surface area contributed by atoms with E-state index in [9.17, 15) is 13.2 Å². The van der Waals surface area contributed by atoms with Gasteiger partial charge in [0.25, 0.3) is 0 Å². The highest BCUT2D eigenvalue weighted by Gasteiger charge is 2.57. The third kappa shape index (κ3) is 4.06. The Bertz CT molecular complexity index is 663. The van der Waals surface area contributed by atoms with E-state index in [4.69, 9.17) is 4.74 Å². The first-order valence-corrected chi connectivity index (χ1v) is 12.3. The van der Waals surface area contributed by atoms with Crippen molar-refractivity contribution in [2.45, 2.75) is 68.6 Å². The lowest BCUT2D eigenvalue weighted by Gasteiger charge is -2.51. The molecule has 6 nitrogen and oxygen atoms in total. The van der Waals surface area contributed by atoms with Gasteiger partial charge in [-0.25, -0.2) is 8.42 Å².